The third kappa shape index (κ3) is 2.06. The molecule has 0 bridgehead atoms. The number of anilines is 1. The molecule has 1 heterocycles. The van der Waals surface area contributed by atoms with Crippen LogP contribution in [-0.4, -0.2) is 37.1 Å². The van der Waals surface area contributed by atoms with Gasteiger partial charge in [-0.15, -0.1) is 0 Å². The van der Waals surface area contributed by atoms with Crippen LogP contribution >= 0.6 is 11.6 Å². The standard InChI is InChI=1S/C12H14ClN3O3S/c1-19-7-12(4-5-12)20(17,18)16-10-3-2-9(13)8-6-14-15-11(8)10/h2-3,6,16H,4-5,7H2,1H3,(H,14,15). The van der Waals surface area contributed by atoms with Crippen LogP contribution in [0, 0.1) is 0 Å². The van der Waals surface area contributed by atoms with E-state index in [9.17, 15) is 8.42 Å². The molecule has 8 heteroatoms. The topological polar surface area (TPSA) is 84.1 Å². The summed E-state index contributed by atoms with van der Waals surface area (Å²) in [5.41, 5.74) is 1.03. The van der Waals surface area contributed by atoms with Crippen molar-refractivity contribution < 1.29 is 13.2 Å². The van der Waals surface area contributed by atoms with Gasteiger partial charge in [-0.3, -0.25) is 9.82 Å². The molecule has 6 nitrogen and oxygen atoms in total. The third-order valence-electron chi connectivity index (χ3n) is 3.59. The predicted molar refractivity (Wildman–Crippen MR) is 77.5 cm³/mol. The highest BCUT2D eigenvalue weighted by molar-refractivity contribution is 7.94. The quantitative estimate of drug-likeness (QED) is 0.885. The van der Waals surface area contributed by atoms with Gasteiger partial charge in [-0.2, -0.15) is 5.10 Å². The predicted octanol–water partition coefficient (Wildman–Crippen LogP) is 2.14. The number of fused-ring (bicyclic) bond motifs is 1. The second-order valence-corrected chi connectivity index (χ2v) is 7.46. The lowest BCUT2D eigenvalue weighted by Gasteiger charge is -2.17. The van der Waals surface area contributed by atoms with Crippen molar-refractivity contribution in [3.05, 3.63) is 23.4 Å². The van der Waals surface area contributed by atoms with Gasteiger partial charge in [0.2, 0.25) is 10.0 Å². The van der Waals surface area contributed by atoms with Crippen LogP contribution in [0.4, 0.5) is 5.69 Å². The Labute approximate surface area is 121 Å². The molecule has 0 atom stereocenters. The van der Waals surface area contributed by atoms with Crippen molar-refractivity contribution >= 4 is 38.2 Å². The third-order valence-corrected chi connectivity index (χ3v) is 6.08. The molecular formula is C12H14ClN3O3S. The van der Waals surface area contributed by atoms with Crippen LogP contribution in [0.5, 0.6) is 0 Å². The fraction of sp³-hybridized carbons (Fsp3) is 0.417. The first-order chi connectivity index (χ1) is 9.49. The average Bonchev–Trinajstić information content (AvgIpc) is 3.02. The molecule has 1 aliphatic carbocycles. The Bertz CT molecular complexity index is 752. The molecule has 0 saturated heterocycles. The van der Waals surface area contributed by atoms with E-state index in [1.54, 1.807) is 18.3 Å². The number of aromatic amines is 1. The van der Waals surface area contributed by atoms with Crippen molar-refractivity contribution in [1.29, 1.82) is 0 Å². The Morgan fingerprint density at radius 1 is 1.50 bits per heavy atom. The molecule has 1 aromatic carbocycles. The van der Waals surface area contributed by atoms with Crippen LogP contribution in [-0.2, 0) is 14.8 Å². The summed E-state index contributed by atoms with van der Waals surface area (Å²) >= 11 is 6.04. The normalized spacial score (nSPS) is 17.3. The first-order valence-corrected chi connectivity index (χ1v) is 7.98. The highest BCUT2D eigenvalue weighted by atomic mass is 35.5. The number of halogens is 1. The van der Waals surface area contributed by atoms with Gasteiger partial charge >= 0.3 is 0 Å². The van der Waals surface area contributed by atoms with Crippen molar-refractivity contribution in [2.24, 2.45) is 0 Å². The summed E-state index contributed by atoms with van der Waals surface area (Å²) in [6, 6.07) is 3.27. The molecule has 2 aromatic rings. The van der Waals surface area contributed by atoms with Crippen molar-refractivity contribution in [1.82, 2.24) is 10.2 Å². The first kappa shape index (κ1) is 13.7. The minimum Gasteiger partial charge on any atom is -0.383 e. The summed E-state index contributed by atoms with van der Waals surface area (Å²) in [5, 5.41) is 7.87. The van der Waals surface area contributed by atoms with E-state index in [4.69, 9.17) is 16.3 Å². The molecule has 1 aromatic heterocycles. The minimum absolute atomic E-state index is 0.196. The van der Waals surface area contributed by atoms with Crippen molar-refractivity contribution in [2.45, 2.75) is 17.6 Å². The highest BCUT2D eigenvalue weighted by Gasteiger charge is 2.55. The minimum atomic E-state index is -3.51. The van der Waals surface area contributed by atoms with Gasteiger partial charge < -0.3 is 4.74 Å². The molecule has 0 spiro atoms. The zero-order valence-corrected chi connectivity index (χ0v) is 12.4. The molecule has 3 rings (SSSR count). The van der Waals surface area contributed by atoms with Crippen LogP contribution in [0.3, 0.4) is 0 Å². The van der Waals surface area contributed by atoms with E-state index in [1.165, 1.54) is 7.11 Å². The van der Waals surface area contributed by atoms with Crippen LogP contribution in [0.1, 0.15) is 12.8 Å². The molecule has 1 fully saturated rings. The fourth-order valence-corrected chi connectivity index (χ4v) is 4.03. The largest absolute Gasteiger partial charge is 0.383 e. The Morgan fingerprint density at radius 2 is 2.25 bits per heavy atom. The van der Waals surface area contributed by atoms with Crippen LogP contribution < -0.4 is 4.72 Å². The number of aromatic nitrogens is 2. The molecule has 2 N–H and O–H groups in total. The van der Waals surface area contributed by atoms with Gasteiger partial charge in [0.25, 0.3) is 0 Å². The van der Waals surface area contributed by atoms with Gasteiger partial charge in [-0.1, -0.05) is 11.6 Å². The monoisotopic (exact) mass is 315 g/mol. The van der Waals surface area contributed by atoms with E-state index in [-0.39, 0.29) is 6.61 Å². The number of H-pyrrole nitrogens is 1. The second-order valence-electron chi connectivity index (χ2n) is 4.98. The van der Waals surface area contributed by atoms with E-state index >= 15 is 0 Å². The first-order valence-electron chi connectivity index (χ1n) is 6.12. The maximum Gasteiger partial charge on any atom is 0.240 e. The van der Waals surface area contributed by atoms with Crippen molar-refractivity contribution in [2.75, 3.05) is 18.4 Å². The second kappa shape index (κ2) is 4.61. The number of hydrogen-bond donors (Lipinski definition) is 2. The lowest BCUT2D eigenvalue weighted by molar-refractivity contribution is 0.192. The van der Waals surface area contributed by atoms with Gasteiger partial charge in [0.05, 0.1) is 29.0 Å². The SMILES string of the molecule is COCC1(S(=O)(=O)Nc2ccc(Cl)c3cn[nH]c23)CC1. The molecule has 20 heavy (non-hydrogen) atoms. The van der Waals surface area contributed by atoms with E-state index in [0.717, 1.165) is 0 Å². The molecule has 0 unspecified atom stereocenters. The van der Waals surface area contributed by atoms with Crippen molar-refractivity contribution in [3.63, 3.8) is 0 Å². The fourth-order valence-electron chi connectivity index (χ4n) is 2.23. The van der Waals surface area contributed by atoms with E-state index in [1.807, 2.05) is 0 Å². The van der Waals surface area contributed by atoms with Gasteiger partial charge in [-0.25, -0.2) is 8.42 Å². The van der Waals surface area contributed by atoms with Crippen LogP contribution in [0.2, 0.25) is 5.02 Å². The van der Waals surface area contributed by atoms with Gasteiger partial charge in [0.15, 0.2) is 0 Å². The lowest BCUT2D eigenvalue weighted by atomic mass is 10.2. The molecule has 1 aliphatic rings. The summed E-state index contributed by atoms with van der Waals surface area (Å²) in [6.07, 6.45) is 2.78. The summed E-state index contributed by atoms with van der Waals surface area (Å²) in [6.45, 7) is 0.196. The zero-order chi connectivity index (χ0) is 14.4. The Kier molecular flexibility index (Phi) is 3.15. The van der Waals surface area contributed by atoms with E-state index < -0.39 is 14.8 Å². The number of sulfonamides is 1. The zero-order valence-electron chi connectivity index (χ0n) is 10.8. The van der Waals surface area contributed by atoms with Crippen LogP contribution in [0.25, 0.3) is 10.9 Å². The Balaban J connectivity index is 1.98. The summed E-state index contributed by atoms with van der Waals surface area (Å²) < 4.78 is 31.8. The molecule has 0 aliphatic heterocycles. The number of rotatable bonds is 5. The van der Waals surface area contributed by atoms with Gasteiger partial charge in [-0.05, 0) is 25.0 Å². The molecule has 1 saturated carbocycles. The Hall–Kier alpha value is -1.31. The van der Waals surface area contributed by atoms with Gasteiger partial charge in [0, 0.05) is 12.5 Å². The molecule has 0 radical (unpaired) electrons. The number of benzene rings is 1. The Morgan fingerprint density at radius 3 is 2.90 bits per heavy atom. The van der Waals surface area contributed by atoms with E-state index in [0.29, 0.717) is 34.5 Å². The van der Waals surface area contributed by atoms with Crippen molar-refractivity contribution in [3.8, 4) is 0 Å². The van der Waals surface area contributed by atoms with E-state index in [2.05, 4.69) is 14.9 Å². The summed E-state index contributed by atoms with van der Waals surface area (Å²) in [4.78, 5) is 0. The number of hydrogen-bond acceptors (Lipinski definition) is 4. The number of nitrogens with one attached hydrogen (secondary N) is 2. The molecular weight excluding hydrogens is 302 g/mol. The summed E-state index contributed by atoms with van der Waals surface area (Å²) in [7, 11) is -2.01. The summed E-state index contributed by atoms with van der Waals surface area (Å²) in [5.74, 6) is 0. The highest BCUT2D eigenvalue weighted by Crippen LogP contribution is 2.44. The number of methoxy groups -OCH3 is 1. The molecule has 0 amide bonds. The number of ether oxygens (including phenoxy) is 1. The lowest BCUT2D eigenvalue weighted by Crippen LogP contribution is -2.33. The molecule has 108 valence electrons. The maximum absolute atomic E-state index is 12.5. The number of nitrogens with zero attached hydrogens (tertiary/aromatic N) is 1. The van der Waals surface area contributed by atoms with Gasteiger partial charge in [0.1, 0.15) is 4.75 Å². The smallest absolute Gasteiger partial charge is 0.240 e. The maximum atomic E-state index is 12.5. The van der Waals surface area contributed by atoms with Crippen LogP contribution in [0.15, 0.2) is 18.3 Å². The average molecular weight is 316 g/mol.